The highest BCUT2D eigenvalue weighted by Gasteiger charge is 2.24. The molecule has 0 aromatic rings. The molecule has 0 aliphatic rings. The van der Waals surface area contributed by atoms with Crippen LogP contribution in [0.25, 0.3) is 0 Å². The Kier molecular flexibility index (Phi) is 6.48. The molecule has 0 aromatic heterocycles. The predicted octanol–water partition coefficient (Wildman–Crippen LogP) is 5.28. The maximum Gasteiger partial charge on any atom is -0.0329 e. The fourth-order valence-electron chi connectivity index (χ4n) is 1.98. The first-order valence-electron chi connectivity index (χ1n) is 6.40. The topological polar surface area (TPSA) is 0 Å². The fourth-order valence-corrected chi connectivity index (χ4v) is 1.98. The lowest BCUT2D eigenvalue weighted by Gasteiger charge is -2.32. The summed E-state index contributed by atoms with van der Waals surface area (Å²) in [6.07, 6.45) is 6.98. The van der Waals surface area contributed by atoms with Crippen molar-refractivity contribution in [2.45, 2.75) is 73.6 Å². The average molecular weight is 198 g/mol. The van der Waals surface area contributed by atoms with E-state index >= 15 is 0 Å². The van der Waals surface area contributed by atoms with E-state index in [-0.39, 0.29) is 0 Å². The summed E-state index contributed by atoms with van der Waals surface area (Å²) in [5, 5.41) is 0. The van der Waals surface area contributed by atoms with Crippen LogP contribution >= 0.6 is 0 Å². The molecule has 0 heteroatoms. The molecular formula is C14H30. The Morgan fingerprint density at radius 2 is 1.57 bits per heavy atom. The van der Waals surface area contributed by atoms with Gasteiger partial charge in [-0.3, -0.25) is 0 Å². The lowest BCUT2D eigenvalue weighted by atomic mass is 9.74. The fraction of sp³-hybridized carbons (Fsp3) is 1.00. The van der Waals surface area contributed by atoms with Gasteiger partial charge in [0.15, 0.2) is 0 Å². The highest BCUT2D eigenvalue weighted by atomic mass is 14.3. The maximum absolute atomic E-state index is 2.42. The SMILES string of the molecule is CCCCCC(C)CC(C)(C)C(C)C. The van der Waals surface area contributed by atoms with Crippen LogP contribution in [0.4, 0.5) is 0 Å². The van der Waals surface area contributed by atoms with Crippen LogP contribution in [0.3, 0.4) is 0 Å². The molecule has 1 unspecified atom stereocenters. The van der Waals surface area contributed by atoms with Crippen molar-refractivity contribution in [1.82, 2.24) is 0 Å². The van der Waals surface area contributed by atoms with E-state index < -0.39 is 0 Å². The van der Waals surface area contributed by atoms with Crippen molar-refractivity contribution < 1.29 is 0 Å². The summed E-state index contributed by atoms with van der Waals surface area (Å²) < 4.78 is 0. The Labute approximate surface area is 91.5 Å². The number of rotatable bonds is 7. The van der Waals surface area contributed by atoms with E-state index in [0.717, 1.165) is 11.8 Å². The molecule has 0 N–H and O–H groups in total. The summed E-state index contributed by atoms with van der Waals surface area (Å²) in [4.78, 5) is 0. The van der Waals surface area contributed by atoms with E-state index in [0.29, 0.717) is 5.41 Å². The Morgan fingerprint density at radius 3 is 2.00 bits per heavy atom. The lowest BCUT2D eigenvalue weighted by molar-refractivity contribution is 0.187. The van der Waals surface area contributed by atoms with E-state index in [1.807, 2.05) is 0 Å². The average Bonchev–Trinajstić information content (AvgIpc) is 2.03. The minimum Gasteiger partial charge on any atom is -0.0654 e. The molecule has 0 heterocycles. The standard InChI is InChI=1S/C14H30/c1-7-8-9-10-13(4)11-14(5,6)12(2)3/h12-13H,7-11H2,1-6H3. The zero-order valence-corrected chi connectivity index (χ0v) is 11.2. The van der Waals surface area contributed by atoms with Crippen molar-refractivity contribution in [3.63, 3.8) is 0 Å². The van der Waals surface area contributed by atoms with Gasteiger partial charge in [-0.25, -0.2) is 0 Å². The number of hydrogen-bond donors (Lipinski definition) is 0. The minimum atomic E-state index is 0.519. The van der Waals surface area contributed by atoms with Gasteiger partial charge in [0.2, 0.25) is 0 Å². The molecule has 0 fully saturated rings. The molecule has 0 saturated carbocycles. The van der Waals surface area contributed by atoms with Crippen LogP contribution in [0.15, 0.2) is 0 Å². The predicted molar refractivity (Wildman–Crippen MR) is 66.5 cm³/mol. The van der Waals surface area contributed by atoms with E-state index in [9.17, 15) is 0 Å². The maximum atomic E-state index is 2.42. The molecule has 0 amide bonds. The van der Waals surface area contributed by atoms with Crippen molar-refractivity contribution in [3.8, 4) is 0 Å². The highest BCUT2D eigenvalue weighted by Crippen LogP contribution is 2.34. The largest absolute Gasteiger partial charge is 0.0654 e. The van der Waals surface area contributed by atoms with E-state index in [4.69, 9.17) is 0 Å². The quantitative estimate of drug-likeness (QED) is 0.488. The second-order valence-electron chi connectivity index (χ2n) is 5.95. The molecule has 0 aromatic carbocycles. The van der Waals surface area contributed by atoms with Gasteiger partial charge >= 0.3 is 0 Å². The summed E-state index contributed by atoms with van der Waals surface area (Å²) in [6, 6.07) is 0. The molecule has 86 valence electrons. The van der Waals surface area contributed by atoms with Gasteiger partial charge in [0.25, 0.3) is 0 Å². The molecule has 0 spiro atoms. The van der Waals surface area contributed by atoms with Crippen molar-refractivity contribution in [3.05, 3.63) is 0 Å². The summed E-state index contributed by atoms with van der Waals surface area (Å²) in [5.41, 5.74) is 0.519. The third-order valence-corrected chi connectivity index (χ3v) is 3.74. The van der Waals surface area contributed by atoms with Crippen molar-refractivity contribution in [2.75, 3.05) is 0 Å². The van der Waals surface area contributed by atoms with Crippen LogP contribution in [0.2, 0.25) is 0 Å². The van der Waals surface area contributed by atoms with Crippen LogP contribution in [0.5, 0.6) is 0 Å². The Hall–Kier alpha value is 0. The summed E-state index contributed by atoms with van der Waals surface area (Å²) in [6.45, 7) is 14.2. The van der Waals surface area contributed by atoms with Gasteiger partial charge < -0.3 is 0 Å². The Bertz CT molecular complexity index is 133. The van der Waals surface area contributed by atoms with Crippen LogP contribution in [0, 0.1) is 17.3 Å². The zero-order valence-electron chi connectivity index (χ0n) is 11.2. The molecule has 0 nitrogen and oxygen atoms in total. The molecule has 14 heavy (non-hydrogen) atoms. The van der Waals surface area contributed by atoms with E-state index in [1.54, 1.807) is 0 Å². The number of unbranched alkanes of at least 4 members (excludes halogenated alkanes) is 2. The molecule has 0 aliphatic carbocycles. The van der Waals surface area contributed by atoms with Gasteiger partial charge in [0.1, 0.15) is 0 Å². The van der Waals surface area contributed by atoms with E-state index in [1.165, 1.54) is 32.1 Å². The summed E-state index contributed by atoms with van der Waals surface area (Å²) >= 11 is 0. The van der Waals surface area contributed by atoms with Gasteiger partial charge in [-0.05, 0) is 23.7 Å². The molecule has 0 saturated heterocycles. The first-order valence-corrected chi connectivity index (χ1v) is 6.40. The van der Waals surface area contributed by atoms with Gasteiger partial charge in [-0.1, -0.05) is 67.2 Å². The Balaban J connectivity index is 3.75. The molecule has 1 atom stereocenters. The lowest BCUT2D eigenvalue weighted by Crippen LogP contribution is -2.22. The zero-order chi connectivity index (χ0) is 11.2. The molecule has 0 rings (SSSR count). The van der Waals surface area contributed by atoms with E-state index in [2.05, 4.69) is 41.5 Å². The molecule has 0 aliphatic heterocycles. The first kappa shape index (κ1) is 14.0. The first-order chi connectivity index (χ1) is 6.40. The van der Waals surface area contributed by atoms with Gasteiger partial charge in [-0.2, -0.15) is 0 Å². The number of hydrogen-bond acceptors (Lipinski definition) is 0. The minimum absolute atomic E-state index is 0.519. The monoisotopic (exact) mass is 198 g/mol. The third kappa shape index (κ3) is 5.67. The Morgan fingerprint density at radius 1 is 1.00 bits per heavy atom. The third-order valence-electron chi connectivity index (χ3n) is 3.74. The van der Waals surface area contributed by atoms with Crippen molar-refractivity contribution in [1.29, 1.82) is 0 Å². The van der Waals surface area contributed by atoms with Crippen LogP contribution in [-0.4, -0.2) is 0 Å². The van der Waals surface area contributed by atoms with Gasteiger partial charge in [-0.15, -0.1) is 0 Å². The van der Waals surface area contributed by atoms with Crippen LogP contribution in [-0.2, 0) is 0 Å². The van der Waals surface area contributed by atoms with Gasteiger partial charge in [0.05, 0.1) is 0 Å². The van der Waals surface area contributed by atoms with Crippen molar-refractivity contribution in [2.24, 2.45) is 17.3 Å². The smallest absolute Gasteiger partial charge is 0.0329 e. The second-order valence-corrected chi connectivity index (χ2v) is 5.95. The van der Waals surface area contributed by atoms with Gasteiger partial charge in [0, 0.05) is 0 Å². The van der Waals surface area contributed by atoms with Crippen molar-refractivity contribution >= 4 is 0 Å². The van der Waals surface area contributed by atoms with Crippen LogP contribution < -0.4 is 0 Å². The molecule has 0 radical (unpaired) electrons. The normalized spacial score (nSPS) is 14.8. The summed E-state index contributed by atoms with van der Waals surface area (Å²) in [5.74, 6) is 1.70. The second kappa shape index (κ2) is 6.48. The molecular weight excluding hydrogens is 168 g/mol. The highest BCUT2D eigenvalue weighted by molar-refractivity contribution is 4.74. The van der Waals surface area contributed by atoms with Crippen LogP contribution in [0.1, 0.15) is 73.6 Å². The summed E-state index contributed by atoms with van der Waals surface area (Å²) in [7, 11) is 0. The molecule has 0 bridgehead atoms.